The van der Waals surface area contributed by atoms with E-state index in [0.29, 0.717) is 18.5 Å². The molecule has 0 saturated carbocycles. The maximum Gasteiger partial charge on any atom is 0.275 e. The quantitative estimate of drug-likeness (QED) is 0.456. The molecule has 0 amide bonds. The van der Waals surface area contributed by atoms with E-state index in [4.69, 9.17) is 15.2 Å². The van der Waals surface area contributed by atoms with Gasteiger partial charge in [0.1, 0.15) is 6.79 Å². The Hall–Kier alpha value is -1.50. The van der Waals surface area contributed by atoms with E-state index in [2.05, 4.69) is 0 Å². The molecule has 1 aromatic carbocycles. The third-order valence-corrected chi connectivity index (χ3v) is 2.54. The second-order valence-electron chi connectivity index (χ2n) is 3.96. The van der Waals surface area contributed by atoms with Crippen molar-refractivity contribution in [2.75, 3.05) is 20.4 Å². The van der Waals surface area contributed by atoms with E-state index in [9.17, 15) is 10.1 Å². The molecule has 0 radical (unpaired) electrons. The topological polar surface area (TPSA) is 87.6 Å². The number of hydrogen-bond acceptors (Lipinski definition) is 5. The van der Waals surface area contributed by atoms with Gasteiger partial charge in [-0.2, -0.15) is 0 Å². The molecule has 1 atom stereocenters. The minimum absolute atomic E-state index is 0.0511. The minimum Gasteiger partial charge on any atom is -0.359 e. The molecular formula is C12H18N2O4. The Kier molecular flexibility index (Phi) is 5.70. The highest BCUT2D eigenvalue weighted by molar-refractivity contribution is 5.44. The standard InChI is InChI=1S/C12H18N2O4/c1-9-3-4-11(14(15)16)10(7-9)12(5-6-13)18-8-17-2/h3-4,7,12H,5-6,8,13H2,1-2H3. The van der Waals surface area contributed by atoms with Crippen LogP contribution in [0.3, 0.4) is 0 Å². The predicted octanol–water partition coefficient (Wildman–Crippen LogP) is 1.91. The highest BCUT2D eigenvalue weighted by Crippen LogP contribution is 2.30. The number of nitro benzene ring substituents is 1. The van der Waals surface area contributed by atoms with E-state index < -0.39 is 11.0 Å². The van der Waals surface area contributed by atoms with Crippen LogP contribution in [0, 0.1) is 17.0 Å². The van der Waals surface area contributed by atoms with E-state index in [0.717, 1.165) is 5.56 Å². The van der Waals surface area contributed by atoms with Gasteiger partial charge in [0.2, 0.25) is 0 Å². The van der Waals surface area contributed by atoms with Crippen LogP contribution >= 0.6 is 0 Å². The third kappa shape index (κ3) is 3.76. The summed E-state index contributed by atoms with van der Waals surface area (Å²) in [5.74, 6) is 0. The normalized spacial score (nSPS) is 12.4. The molecule has 0 heterocycles. The number of methoxy groups -OCH3 is 1. The summed E-state index contributed by atoms with van der Waals surface area (Å²) in [6.07, 6.45) is 0.0865. The van der Waals surface area contributed by atoms with E-state index >= 15 is 0 Å². The van der Waals surface area contributed by atoms with Gasteiger partial charge < -0.3 is 15.2 Å². The Labute approximate surface area is 106 Å². The van der Waals surface area contributed by atoms with E-state index in [1.807, 2.05) is 6.92 Å². The number of ether oxygens (including phenoxy) is 2. The summed E-state index contributed by atoms with van der Waals surface area (Å²) >= 11 is 0. The smallest absolute Gasteiger partial charge is 0.275 e. The molecule has 0 spiro atoms. The first kappa shape index (κ1) is 14.6. The van der Waals surface area contributed by atoms with Crippen LogP contribution in [-0.4, -0.2) is 25.4 Å². The molecule has 0 aromatic heterocycles. The minimum atomic E-state index is -0.421. The summed E-state index contributed by atoms with van der Waals surface area (Å²) in [4.78, 5) is 10.6. The summed E-state index contributed by atoms with van der Waals surface area (Å²) in [5.41, 5.74) is 7.05. The number of nitrogens with zero attached hydrogens (tertiary/aromatic N) is 1. The van der Waals surface area contributed by atoms with Gasteiger partial charge in [0, 0.05) is 13.2 Å². The van der Waals surface area contributed by atoms with Gasteiger partial charge in [-0.25, -0.2) is 0 Å². The fraction of sp³-hybridized carbons (Fsp3) is 0.500. The van der Waals surface area contributed by atoms with Crippen LogP contribution < -0.4 is 5.73 Å². The summed E-state index contributed by atoms with van der Waals surface area (Å²) < 4.78 is 10.3. The fourth-order valence-electron chi connectivity index (χ4n) is 1.73. The van der Waals surface area contributed by atoms with Gasteiger partial charge >= 0.3 is 0 Å². The molecule has 18 heavy (non-hydrogen) atoms. The van der Waals surface area contributed by atoms with Crippen molar-refractivity contribution in [1.29, 1.82) is 0 Å². The van der Waals surface area contributed by atoms with Crippen LogP contribution in [0.4, 0.5) is 5.69 Å². The van der Waals surface area contributed by atoms with Gasteiger partial charge in [-0.15, -0.1) is 0 Å². The van der Waals surface area contributed by atoms with Gasteiger partial charge in [-0.3, -0.25) is 10.1 Å². The average molecular weight is 254 g/mol. The number of benzene rings is 1. The summed E-state index contributed by atoms with van der Waals surface area (Å²) in [7, 11) is 1.50. The lowest BCUT2D eigenvalue weighted by molar-refractivity contribution is -0.386. The molecule has 1 aromatic rings. The molecule has 1 rings (SSSR count). The van der Waals surface area contributed by atoms with Crippen LogP contribution in [0.5, 0.6) is 0 Å². The van der Waals surface area contributed by atoms with Gasteiger partial charge in [0.15, 0.2) is 0 Å². The van der Waals surface area contributed by atoms with Crippen molar-refractivity contribution in [3.63, 3.8) is 0 Å². The summed E-state index contributed by atoms with van der Waals surface area (Å²) in [6.45, 7) is 2.35. The molecule has 100 valence electrons. The Morgan fingerprint density at radius 1 is 1.50 bits per heavy atom. The van der Waals surface area contributed by atoms with E-state index in [-0.39, 0.29) is 12.5 Å². The van der Waals surface area contributed by atoms with Crippen LogP contribution in [0.2, 0.25) is 0 Å². The maximum atomic E-state index is 11.0. The largest absolute Gasteiger partial charge is 0.359 e. The Bertz CT molecular complexity index is 409. The molecule has 0 aliphatic carbocycles. The van der Waals surface area contributed by atoms with Crippen molar-refractivity contribution in [2.24, 2.45) is 5.73 Å². The zero-order chi connectivity index (χ0) is 13.5. The van der Waals surface area contributed by atoms with E-state index in [1.165, 1.54) is 13.2 Å². The van der Waals surface area contributed by atoms with Crippen LogP contribution in [0.1, 0.15) is 23.7 Å². The summed E-state index contributed by atoms with van der Waals surface area (Å²) in [6, 6.07) is 4.95. The molecule has 0 saturated heterocycles. The second kappa shape index (κ2) is 7.05. The number of rotatable bonds is 7. The molecular weight excluding hydrogens is 236 g/mol. The first-order valence-electron chi connectivity index (χ1n) is 5.65. The Balaban J connectivity index is 3.07. The lowest BCUT2D eigenvalue weighted by Gasteiger charge is -2.17. The number of aryl methyl sites for hydroxylation is 1. The van der Waals surface area contributed by atoms with Crippen LogP contribution in [0.15, 0.2) is 18.2 Å². The molecule has 6 heteroatoms. The second-order valence-corrected chi connectivity index (χ2v) is 3.96. The molecule has 0 aliphatic rings. The Morgan fingerprint density at radius 3 is 2.78 bits per heavy atom. The van der Waals surface area contributed by atoms with Gasteiger partial charge in [0.05, 0.1) is 16.6 Å². The van der Waals surface area contributed by atoms with Gasteiger partial charge in [0.25, 0.3) is 5.69 Å². The zero-order valence-electron chi connectivity index (χ0n) is 10.6. The molecule has 6 nitrogen and oxygen atoms in total. The fourth-order valence-corrected chi connectivity index (χ4v) is 1.73. The monoisotopic (exact) mass is 254 g/mol. The number of hydrogen-bond donors (Lipinski definition) is 1. The van der Waals surface area contributed by atoms with Crippen molar-refractivity contribution in [1.82, 2.24) is 0 Å². The van der Waals surface area contributed by atoms with Crippen LogP contribution in [-0.2, 0) is 9.47 Å². The highest BCUT2D eigenvalue weighted by Gasteiger charge is 2.22. The molecule has 1 unspecified atom stereocenters. The van der Waals surface area contributed by atoms with Crippen LogP contribution in [0.25, 0.3) is 0 Å². The van der Waals surface area contributed by atoms with Crippen molar-refractivity contribution in [3.05, 3.63) is 39.4 Å². The lowest BCUT2D eigenvalue weighted by Crippen LogP contribution is -2.14. The molecule has 0 fully saturated rings. The lowest BCUT2D eigenvalue weighted by atomic mass is 10.0. The van der Waals surface area contributed by atoms with Gasteiger partial charge in [-0.1, -0.05) is 11.6 Å². The van der Waals surface area contributed by atoms with Gasteiger partial charge in [-0.05, 0) is 26.0 Å². The maximum absolute atomic E-state index is 11.0. The van der Waals surface area contributed by atoms with E-state index in [1.54, 1.807) is 12.1 Å². The van der Waals surface area contributed by atoms with Crippen molar-refractivity contribution in [2.45, 2.75) is 19.4 Å². The first-order valence-corrected chi connectivity index (χ1v) is 5.65. The summed E-state index contributed by atoms with van der Waals surface area (Å²) in [5, 5.41) is 11.0. The molecule has 2 N–H and O–H groups in total. The van der Waals surface area contributed by atoms with Crippen molar-refractivity contribution >= 4 is 5.69 Å². The first-order chi connectivity index (χ1) is 8.60. The number of nitrogens with two attached hydrogens (primary N) is 1. The molecule has 0 bridgehead atoms. The number of nitro groups is 1. The third-order valence-electron chi connectivity index (χ3n) is 2.54. The highest BCUT2D eigenvalue weighted by atomic mass is 16.7. The Morgan fingerprint density at radius 2 is 2.22 bits per heavy atom. The predicted molar refractivity (Wildman–Crippen MR) is 67.2 cm³/mol. The average Bonchev–Trinajstić information content (AvgIpc) is 2.34. The van der Waals surface area contributed by atoms with Crippen molar-refractivity contribution < 1.29 is 14.4 Å². The SMILES string of the molecule is COCOC(CCN)c1cc(C)ccc1[N+](=O)[O-]. The molecule has 0 aliphatic heterocycles. The zero-order valence-corrected chi connectivity index (χ0v) is 10.6. The van der Waals surface area contributed by atoms with Crippen molar-refractivity contribution in [3.8, 4) is 0 Å².